The lowest BCUT2D eigenvalue weighted by Crippen LogP contribution is -2.39. The number of hydrogen-bond acceptors (Lipinski definition) is 4. The first kappa shape index (κ1) is 15.0. The molecule has 0 radical (unpaired) electrons. The third-order valence-electron chi connectivity index (χ3n) is 3.56. The largest absolute Gasteiger partial charge is 0.391 e. The Balaban J connectivity index is 2.08. The molecule has 19 heavy (non-hydrogen) atoms. The number of nitrogens with one attached hydrogen (secondary N) is 1. The van der Waals surface area contributed by atoms with E-state index in [1.165, 1.54) is 6.42 Å². The second-order valence-corrected chi connectivity index (χ2v) is 8.72. The molecule has 0 aromatic carbocycles. The van der Waals surface area contributed by atoms with Crippen molar-refractivity contribution in [1.82, 2.24) is 4.72 Å². The van der Waals surface area contributed by atoms with Crippen LogP contribution in [0.1, 0.15) is 38.0 Å². The van der Waals surface area contributed by atoms with Gasteiger partial charge in [0.25, 0.3) is 0 Å². The number of sulfonamides is 1. The molecule has 1 aliphatic carbocycles. The van der Waals surface area contributed by atoms with Gasteiger partial charge in [-0.2, -0.15) is 0 Å². The predicted molar refractivity (Wildman–Crippen MR) is 76.5 cm³/mol. The predicted octanol–water partition coefficient (Wildman–Crippen LogP) is 2.34. The molecule has 1 heterocycles. The molecule has 0 bridgehead atoms. The van der Waals surface area contributed by atoms with Crippen molar-refractivity contribution >= 4 is 21.4 Å². The van der Waals surface area contributed by atoms with Gasteiger partial charge in [-0.05, 0) is 43.2 Å². The van der Waals surface area contributed by atoms with Gasteiger partial charge in [-0.15, -0.1) is 11.3 Å². The maximum absolute atomic E-state index is 12.3. The average molecular weight is 303 g/mol. The van der Waals surface area contributed by atoms with E-state index in [1.807, 2.05) is 0 Å². The molecule has 108 valence electrons. The van der Waals surface area contributed by atoms with E-state index in [0.717, 1.165) is 24.2 Å². The number of hydrogen-bond donors (Lipinski definition) is 2. The summed E-state index contributed by atoms with van der Waals surface area (Å²) in [6.45, 7) is 4.23. The van der Waals surface area contributed by atoms with Crippen LogP contribution < -0.4 is 4.72 Å². The van der Waals surface area contributed by atoms with Crippen molar-refractivity contribution in [3.05, 3.63) is 17.0 Å². The van der Waals surface area contributed by atoms with Crippen LogP contribution in [0.2, 0.25) is 0 Å². The Morgan fingerprint density at radius 3 is 2.42 bits per heavy atom. The second kappa shape index (κ2) is 5.91. The highest BCUT2D eigenvalue weighted by molar-refractivity contribution is 7.91. The molecule has 0 saturated heterocycles. The molecule has 2 unspecified atom stereocenters. The van der Waals surface area contributed by atoms with E-state index < -0.39 is 10.0 Å². The van der Waals surface area contributed by atoms with Crippen LogP contribution in [0.5, 0.6) is 0 Å². The Kier molecular flexibility index (Phi) is 4.66. The normalized spacial score (nSPS) is 28.5. The summed E-state index contributed by atoms with van der Waals surface area (Å²) in [6.07, 6.45) is 2.98. The highest BCUT2D eigenvalue weighted by Gasteiger charge is 2.28. The molecule has 4 nitrogen and oxygen atoms in total. The minimum absolute atomic E-state index is 0.0310. The lowest BCUT2D eigenvalue weighted by molar-refractivity contribution is 0.258. The quantitative estimate of drug-likeness (QED) is 0.897. The number of thiophene rings is 1. The second-order valence-electron chi connectivity index (χ2n) is 5.61. The zero-order chi connectivity index (χ0) is 14.0. The van der Waals surface area contributed by atoms with Crippen LogP contribution >= 0.6 is 11.3 Å². The van der Waals surface area contributed by atoms with Crippen molar-refractivity contribution in [2.45, 2.75) is 50.0 Å². The molecule has 1 fully saturated rings. The van der Waals surface area contributed by atoms with Gasteiger partial charge in [0.05, 0.1) is 6.61 Å². The fourth-order valence-electron chi connectivity index (χ4n) is 2.91. The fraction of sp³-hybridized carbons (Fsp3) is 0.692. The van der Waals surface area contributed by atoms with Crippen molar-refractivity contribution in [2.75, 3.05) is 0 Å². The Morgan fingerprint density at radius 1 is 1.26 bits per heavy atom. The Morgan fingerprint density at radius 2 is 1.89 bits per heavy atom. The molecule has 1 aliphatic rings. The van der Waals surface area contributed by atoms with Crippen molar-refractivity contribution in [3.8, 4) is 0 Å². The zero-order valence-corrected chi connectivity index (χ0v) is 12.9. The summed E-state index contributed by atoms with van der Waals surface area (Å²) in [6, 6.07) is 3.25. The van der Waals surface area contributed by atoms with E-state index in [-0.39, 0.29) is 12.6 Å². The number of rotatable bonds is 4. The summed E-state index contributed by atoms with van der Waals surface area (Å²) >= 11 is 1.13. The van der Waals surface area contributed by atoms with E-state index >= 15 is 0 Å². The summed E-state index contributed by atoms with van der Waals surface area (Å²) in [5.74, 6) is 1.13. The Bertz CT molecular complexity index is 514. The van der Waals surface area contributed by atoms with E-state index in [2.05, 4.69) is 18.6 Å². The molecule has 2 N–H and O–H groups in total. The molecule has 1 saturated carbocycles. The van der Waals surface area contributed by atoms with Gasteiger partial charge in [-0.3, -0.25) is 0 Å². The van der Waals surface area contributed by atoms with Crippen molar-refractivity contribution in [3.63, 3.8) is 0 Å². The third-order valence-corrected chi connectivity index (χ3v) is 6.64. The van der Waals surface area contributed by atoms with Gasteiger partial charge in [-0.25, -0.2) is 13.1 Å². The monoisotopic (exact) mass is 303 g/mol. The van der Waals surface area contributed by atoms with Crippen LogP contribution in [0.3, 0.4) is 0 Å². The first-order valence-corrected chi connectivity index (χ1v) is 8.92. The minimum Gasteiger partial charge on any atom is -0.391 e. The van der Waals surface area contributed by atoms with Gasteiger partial charge in [0, 0.05) is 10.9 Å². The Hall–Kier alpha value is -0.430. The SMILES string of the molecule is CC1CC(C)CC(NS(=O)(=O)c2ccc(CO)s2)C1. The number of aliphatic hydroxyl groups is 1. The molecule has 0 spiro atoms. The maximum Gasteiger partial charge on any atom is 0.250 e. The lowest BCUT2D eigenvalue weighted by atomic mass is 9.81. The third kappa shape index (κ3) is 3.78. The smallest absolute Gasteiger partial charge is 0.250 e. The molecular weight excluding hydrogens is 282 g/mol. The van der Waals surface area contributed by atoms with Crippen molar-refractivity contribution in [2.24, 2.45) is 11.8 Å². The van der Waals surface area contributed by atoms with E-state index in [1.54, 1.807) is 12.1 Å². The van der Waals surface area contributed by atoms with Crippen LogP contribution in [0.15, 0.2) is 16.3 Å². The molecule has 1 aromatic heterocycles. The van der Waals surface area contributed by atoms with Crippen molar-refractivity contribution in [1.29, 1.82) is 0 Å². The molecule has 2 atom stereocenters. The molecule has 6 heteroatoms. The summed E-state index contributed by atoms with van der Waals surface area (Å²) < 4.78 is 27.6. The first-order chi connectivity index (χ1) is 8.90. The summed E-state index contributed by atoms with van der Waals surface area (Å²) in [4.78, 5) is 0.672. The van der Waals surface area contributed by atoms with Crippen LogP contribution in [0, 0.1) is 11.8 Å². The van der Waals surface area contributed by atoms with E-state index in [9.17, 15) is 8.42 Å². The molecule has 0 aliphatic heterocycles. The van der Waals surface area contributed by atoms with E-state index in [0.29, 0.717) is 20.9 Å². The van der Waals surface area contributed by atoms with E-state index in [4.69, 9.17) is 5.11 Å². The van der Waals surface area contributed by atoms with Crippen LogP contribution in [0.25, 0.3) is 0 Å². The standard InChI is InChI=1S/C13H21NO3S2/c1-9-5-10(2)7-11(6-9)14-19(16,17)13-4-3-12(8-15)18-13/h3-4,9-11,14-15H,5-8H2,1-2H3. The Labute approximate surface area is 118 Å². The minimum atomic E-state index is -3.44. The van der Waals surface area contributed by atoms with Gasteiger partial charge in [0.2, 0.25) is 10.0 Å². The van der Waals surface area contributed by atoms with Gasteiger partial charge in [0.15, 0.2) is 0 Å². The molecule has 1 aromatic rings. The van der Waals surface area contributed by atoms with Crippen molar-refractivity contribution < 1.29 is 13.5 Å². The lowest BCUT2D eigenvalue weighted by Gasteiger charge is -2.31. The molecular formula is C13H21NO3S2. The maximum atomic E-state index is 12.3. The van der Waals surface area contributed by atoms with Gasteiger partial charge in [-0.1, -0.05) is 13.8 Å². The highest BCUT2D eigenvalue weighted by atomic mass is 32.2. The molecule has 2 rings (SSSR count). The topological polar surface area (TPSA) is 66.4 Å². The first-order valence-electron chi connectivity index (χ1n) is 6.62. The van der Waals surface area contributed by atoms with Gasteiger partial charge < -0.3 is 5.11 Å². The zero-order valence-electron chi connectivity index (χ0n) is 11.3. The van der Waals surface area contributed by atoms with Gasteiger partial charge >= 0.3 is 0 Å². The van der Waals surface area contributed by atoms with Crippen LogP contribution in [-0.4, -0.2) is 19.6 Å². The molecule has 0 amide bonds. The average Bonchev–Trinajstić information content (AvgIpc) is 2.75. The van der Waals surface area contributed by atoms with Crippen LogP contribution in [0.4, 0.5) is 0 Å². The number of aliphatic hydroxyl groups excluding tert-OH is 1. The fourth-order valence-corrected chi connectivity index (χ4v) is 5.40. The summed E-state index contributed by atoms with van der Waals surface area (Å²) in [7, 11) is -3.44. The van der Waals surface area contributed by atoms with Crippen LogP contribution in [-0.2, 0) is 16.6 Å². The summed E-state index contributed by atoms with van der Waals surface area (Å²) in [5, 5.41) is 9.00. The highest BCUT2D eigenvalue weighted by Crippen LogP contribution is 2.30. The van der Waals surface area contributed by atoms with Gasteiger partial charge in [0.1, 0.15) is 4.21 Å². The summed E-state index contributed by atoms with van der Waals surface area (Å²) in [5.41, 5.74) is 0.